The van der Waals surface area contributed by atoms with E-state index >= 15 is 0 Å². The van der Waals surface area contributed by atoms with E-state index in [1.807, 2.05) is 6.07 Å². The molecule has 100 valence electrons. The largest absolute Gasteiger partial charge is 0.345 e. The lowest BCUT2D eigenvalue weighted by molar-refractivity contribution is -0.126. The second-order valence-corrected chi connectivity index (χ2v) is 5.24. The van der Waals surface area contributed by atoms with Crippen LogP contribution in [-0.4, -0.2) is 17.9 Å². The van der Waals surface area contributed by atoms with Gasteiger partial charge in [0.25, 0.3) is 0 Å². The van der Waals surface area contributed by atoms with Crippen molar-refractivity contribution in [2.75, 3.05) is 0 Å². The molecule has 2 amide bonds. The quantitative estimate of drug-likeness (QED) is 0.860. The molecule has 5 heteroatoms. The second-order valence-electron chi connectivity index (χ2n) is 5.24. The van der Waals surface area contributed by atoms with Crippen LogP contribution in [0.1, 0.15) is 31.2 Å². The Bertz CT molecular complexity index is 540. The molecule has 0 aromatic heterocycles. The summed E-state index contributed by atoms with van der Waals surface area (Å²) in [5.74, 6) is -0.560. The Hall–Kier alpha value is -1.91. The Kier molecular flexibility index (Phi) is 2.77. The van der Waals surface area contributed by atoms with Crippen LogP contribution in [-0.2, 0) is 15.1 Å². The average Bonchev–Trinajstić information content (AvgIpc) is 3.03. The molecule has 0 spiro atoms. The predicted molar refractivity (Wildman–Crippen MR) is 66.6 cm³/mol. The third kappa shape index (κ3) is 2.32. The highest BCUT2D eigenvalue weighted by molar-refractivity contribution is 5.91. The van der Waals surface area contributed by atoms with Gasteiger partial charge in [-0.15, -0.1) is 0 Å². The molecule has 2 aliphatic rings. The van der Waals surface area contributed by atoms with E-state index in [0.717, 1.165) is 18.4 Å². The zero-order chi connectivity index (χ0) is 13.5. The van der Waals surface area contributed by atoms with Crippen LogP contribution in [0.15, 0.2) is 24.3 Å². The molecular formula is C14H15FN2O2. The maximum Gasteiger partial charge on any atom is 0.243 e. The zero-order valence-electron chi connectivity index (χ0n) is 10.4. The number of hydrogen-bond acceptors (Lipinski definition) is 2. The minimum atomic E-state index is -0.446. The van der Waals surface area contributed by atoms with Crippen molar-refractivity contribution in [1.29, 1.82) is 0 Å². The van der Waals surface area contributed by atoms with Crippen LogP contribution in [0.4, 0.5) is 4.39 Å². The number of carbonyl (C=O) groups is 2. The number of benzene rings is 1. The van der Waals surface area contributed by atoms with Crippen molar-refractivity contribution >= 4 is 11.8 Å². The standard InChI is InChI=1S/C14H15FN2O2/c15-10-3-1-2-9(8-10)14(6-7-14)17-13(19)11-4-5-12(18)16-11/h1-3,8,11H,4-7H2,(H,16,18)(H,17,19). The average molecular weight is 262 g/mol. The lowest BCUT2D eigenvalue weighted by Crippen LogP contribution is -2.46. The van der Waals surface area contributed by atoms with E-state index in [2.05, 4.69) is 10.6 Å². The van der Waals surface area contributed by atoms with Gasteiger partial charge in [-0.3, -0.25) is 9.59 Å². The zero-order valence-corrected chi connectivity index (χ0v) is 10.4. The molecule has 2 fully saturated rings. The van der Waals surface area contributed by atoms with Gasteiger partial charge in [0.1, 0.15) is 11.9 Å². The molecule has 0 radical (unpaired) electrons. The summed E-state index contributed by atoms with van der Waals surface area (Å²) >= 11 is 0. The summed E-state index contributed by atoms with van der Waals surface area (Å²) in [5.41, 5.74) is 0.358. The van der Waals surface area contributed by atoms with Crippen molar-refractivity contribution in [3.05, 3.63) is 35.6 Å². The summed E-state index contributed by atoms with van der Waals surface area (Å²) in [5, 5.41) is 5.59. The van der Waals surface area contributed by atoms with Gasteiger partial charge in [0.2, 0.25) is 11.8 Å². The third-order valence-corrected chi connectivity index (χ3v) is 3.80. The van der Waals surface area contributed by atoms with Gasteiger partial charge in [-0.1, -0.05) is 12.1 Å². The van der Waals surface area contributed by atoms with Gasteiger partial charge in [-0.05, 0) is 37.0 Å². The number of hydrogen-bond donors (Lipinski definition) is 2. The highest BCUT2D eigenvalue weighted by atomic mass is 19.1. The van der Waals surface area contributed by atoms with Crippen molar-refractivity contribution in [3.8, 4) is 0 Å². The fourth-order valence-electron chi connectivity index (χ4n) is 2.53. The SMILES string of the molecule is O=C1CCC(C(=O)NC2(c3cccc(F)c3)CC2)N1. The first-order valence-corrected chi connectivity index (χ1v) is 6.46. The summed E-state index contributed by atoms with van der Waals surface area (Å²) in [4.78, 5) is 23.2. The predicted octanol–water partition coefficient (Wildman–Crippen LogP) is 1.21. The van der Waals surface area contributed by atoms with Gasteiger partial charge < -0.3 is 10.6 Å². The summed E-state index contributed by atoms with van der Waals surface area (Å²) in [6, 6.07) is 5.87. The summed E-state index contributed by atoms with van der Waals surface area (Å²) < 4.78 is 13.2. The smallest absolute Gasteiger partial charge is 0.243 e. The minimum absolute atomic E-state index is 0.0873. The van der Waals surface area contributed by atoms with E-state index < -0.39 is 11.6 Å². The Labute approximate surface area is 110 Å². The molecule has 1 unspecified atom stereocenters. The van der Waals surface area contributed by atoms with Crippen LogP contribution in [0.5, 0.6) is 0 Å². The fourth-order valence-corrected chi connectivity index (χ4v) is 2.53. The number of rotatable bonds is 3. The van der Waals surface area contributed by atoms with Crippen molar-refractivity contribution < 1.29 is 14.0 Å². The molecule has 1 aromatic rings. The van der Waals surface area contributed by atoms with Crippen molar-refractivity contribution in [1.82, 2.24) is 10.6 Å². The molecule has 1 saturated heterocycles. The van der Waals surface area contributed by atoms with Crippen molar-refractivity contribution in [2.24, 2.45) is 0 Å². The molecule has 1 heterocycles. The van der Waals surface area contributed by atoms with E-state index in [0.29, 0.717) is 12.8 Å². The van der Waals surface area contributed by atoms with E-state index in [1.54, 1.807) is 6.07 Å². The van der Waals surface area contributed by atoms with Gasteiger partial charge in [0.05, 0.1) is 5.54 Å². The van der Waals surface area contributed by atoms with Crippen LogP contribution in [0.3, 0.4) is 0 Å². The van der Waals surface area contributed by atoms with E-state index in [-0.39, 0.29) is 17.6 Å². The Morgan fingerprint density at radius 2 is 2.21 bits per heavy atom. The molecule has 1 saturated carbocycles. The lowest BCUT2D eigenvalue weighted by Gasteiger charge is -2.20. The Morgan fingerprint density at radius 3 is 2.79 bits per heavy atom. The third-order valence-electron chi connectivity index (χ3n) is 3.80. The molecular weight excluding hydrogens is 247 g/mol. The van der Waals surface area contributed by atoms with Crippen LogP contribution < -0.4 is 10.6 Å². The first-order chi connectivity index (χ1) is 9.09. The first-order valence-electron chi connectivity index (χ1n) is 6.46. The maximum absolute atomic E-state index is 13.2. The van der Waals surface area contributed by atoms with Gasteiger partial charge >= 0.3 is 0 Å². The highest BCUT2D eigenvalue weighted by Crippen LogP contribution is 2.45. The molecule has 2 N–H and O–H groups in total. The van der Waals surface area contributed by atoms with E-state index in [1.165, 1.54) is 12.1 Å². The minimum Gasteiger partial charge on any atom is -0.345 e. The topological polar surface area (TPSA) is 58.2 Å². The highest BCUT2D eigenvalue weighted by Gasteiger charge is 2.47. The van der Waals surface area contributed by atoms with Crippen molar-refractivity contribution in [2.45, 2.75) is 37.3 Å². The molecule has 4 nitrogen and oxygen atoms in total. The van der Waals surface area contributed by atoms with Gasteiger partial charge in [0.15, 0.2) is 0 Å². The van der Waals surface area contributed by atoms with Crippen LogP contribution in [0.25, 0.3) is 0 Å². The monoisotopic (exact) mass is 262 g/mol. The Morgan fingerprint density at radius 1 is 1.42 bits per heavy atom. The van der Waals surface area contributed by atoms with Gasteiger partial charge in [-0.25, -0.2) is 4.39 Å². The van der Waals surface area contributed by atoms with E-state index in [4.69, 9.17) is 0 Å². The Balaban J connectivity index is 1.72. The number of amides is 2. The molecule has 1 aliphatic carbocycles. The molecule has 1 aromatic carbocycles. The first kappa shape index (κ1) is 12.1. The number of nitrogens with one attached hydrogen (secondary N) is 2. The molecule has 1 atom stereocenters. The molecule has 3 rings (SSSR count). The number of carbonyl (C=O) groups excluding carboxylic acids is 2. The normalized spacial score (nSPS) is 23.8. The van der Waals surface area contributed by atoms with Gasteiger partial charge in [-0.2, -0.15) is 0 Å². The summed E-state index contributed by atoms with van der Waals surface area (Å²) in [6.45, 7) is 0. The molecule has 1 aliphatic heterocycles. The summed E-state index contributed by atoms with van der Waals surface area (Å²) in [6.07, 6.45) is 2.54. The van der Waals surface area contributed by atoms with Crippen LogP contribution in [0.2, 0.25) is 0 Å². The van der Waals surface area contributed by atoms with Crippen LogP contribution >= 0.6 is 0 Å². The second kappa shape index (κ2) is 4.33. The van der Waals surface area contributed by atoms with Crippen molar-refractivity contribution in [3.63, 3.8) is 0 Å². The molecule has 0 bridgehead atoms. The van der Waals surface area contributed by atoms with E-state index in [9.17, 15) is 14.0 Å². The summed E-state index contributed by atoms with van der Waals surface area (Å²) in [7, 11) is 0. The fraction of sp³-hybridized carbons (Fsp3) is 0.429. The van der Waals surface area contributed by atoms with Crippen LogP contribution in [0, 0.1) is 5.82 Å². The van der Waals surface area contributed by atoms with Gasteiger partial charge in [0, 0.05) is 6.42 Å². The number of halogens is 1. The maximum atomic E-state index is 13.2. The molecule has 19 heavy (non-hydrogen) atoms. The lowest BCUT2D eigenvalue weighted by atomic mass is 10.0.